The zero-order valence-electron chi connectivity index (χ0n) is 14.2. The van der Waals surface area contributed by atoms with Crippen LogP contribution in [-0.2, 0) is 12.1 Å². The van der Waals surface area contributed by atoms with Crippen LogP contribution in [0.1, 0.15) is 25.0 Å². The van der Waals surface area contributed by atoms with Gasteiger partial charge in [0, 0.05) is 12.6 Å². The molecule has 26 heavy (non-hydrogen) atoms. The summed E-state index contributed by atoms with van der Waals surface area (Å²) in [6, 6.07) is 1.93. The summed E-state index contributed by atoms with van der Waals surface area (Å²) >= 11 is 1.44. The Labute approximate surface area is 152 Å². The van der Waals surface area contributed by atoms with Crippen molar-refractivity contribution in [1.29, 1.82) is 0 Å². The van der Waals surface area contributed by atoms with E-state index in [-0.39, 0.29) is 18.6 Å². The molecule has 0 aliphatic carbocycles. The highest BCUT2D eigenvalue weighted by atomic mass is 32.1. The Hall–Kier alpha value is -2.13. The van der Waals surface area contributed by atoms with Crippen LogP contribution in [0.4, 0.5) is 17.6 Å². The van der Waals surface area contributed by atoms with Gasteiger partial charge in [-0.05, 0) is 36.2 Å². The molecule has 2 aromatic rings. The third-order valence-electron chi connectivity index (χ3n) is 3.69. The standard InChI is InChI=1S/C17H19F4N3OS/c1-3-22-16(24-9-17(2,25)10-4-5-26-8-10)23-7-11-14(20)12(18)6-13(19)15(11)21/h4-6,8,25H,3,7,9H2,1-2H3,(H2,22,23,24). The number of aliphatic imine (C=N–C) groups is 1. The molecule has 142 valence electrons. The van der Waals surface area contributed by atoms with Crippen molar-refractivity contribution in [2.24, 2.45) is 4.99 Å². The average Bonchev–Trinajstić information content (AvgIpc) is 3.13. The largest absolute Gasteiger partial charge is 0.384 e. The molecule has 0 aliphatic heterocycles. The Morgan fingerprint density at radius 1 is 1.19 bits per heavy atom. The lowest BCUT2D eigenvalue weighted by Gasteiger charge is -2.24. The number of hydrogen-bond donors (Lipinski definition) is 3. The quantitative estimate of drug-likeness (QED) is 0.308. The third-order valence-corrected chi connectivity index (χ3v) is 4.37. The van der Waals surface area contributed by atoms with Crippen LogP contribution in [-0.4, -0.2) is 24.2 Å². The van der Waals surface area contributed by atoms with Crippen molar-refractivity contribution in [2.45, 2.75) is 26.0 Å². The highest BCUT2D eigenvalue weighted by Gasteiger charge is 2.24. The van der Waals surface area contributed by atoms with E-state index in [2.05, 4.69) is 15.6 Å². The highest BCUT2D eigenvalue weighted by molar-refractivity contribution is 7.08. The minimum Gasteiger partial charge on any atom is -0.384 e. The zero-order valence-corrected chi connectivity index (χ0v) is 15.1. The molecule has 0 aliphatic rings. The molecule has 0 saturated heterocycles. The Morgan fingerprint density at radius 2 is 1.85 bits per heavy atom. The summed E-state index contributed by atoms with van der Waals surface area (Å²) < 4.78 is 53.9. The summed E-state index contributed by atoms with van der Waals surface area (Å²) in [4.78, 5) is 3.94. The van der Waals surface area contributed by atoms with E-state index in [0.717, 1.165) is 0 Å². The molecule has 1 unspecified atom stereocenters. The topological polar surface area (TPSA) is 56.7 Å². The van der Waals surface area contributed by atoms with Crippen LogP contribution < -0.4 is 10.6 Å². The summed E-state index contributed by atoms with van der Waals surface area (Å²) in [5.41, 5.74) is -1.29. The number of aliphatic hydroxyl groups is 1. The van der Waals surface area contributed by atoms with Crippen LogP contribution in [0.2, 0.25) is 0 Å². The summed E-state index contributed by atoms with van der Waals surface area (Å²) in [7, 11) is 0. The van der Waals surface area contributed by atoms with E-state index in [9.17, 15) is 22.7 Å². The number of rotatable bonds is 6. The maximum atomic E-state index is 13.7. The van der Waals surface area contributed by atoms with E-state index in [4.69, 9.17) is 0 Å². The Bertz CT molecular complexity index is 753. The Morgan fingerprint density at radius 3 is 2.38 bits per heavy atom. The third kappa shape index (κ3) is 4.73. The minimum absolute atomic E-state index is 0.0675. The number of nitrogens with zero attached hydrogens (tertiary/aromatic N) is 1. The first kappa shape index (κ1) is 20.2. The van der Waals surface area contributed by atoms with E-state index in [1.807, 2.05) is 5.38 Å². The molecule has 2 rings (SSSR count). The number of nitrogens with one attached hydrogen (secondary N) is 2. The molecule has 1 aromatic carbocycles. The van der Waals surface area contributed by atoms with Gasteiger partial charge in [-0.25, -0.2) is 22.6 Å². The van der Waals surface area contributed by atoms with Gasteiger partial charge in [0.1, 0.15) is 5.60 Å². The smallest absolute Gasteiger partial charge is 0.191 e. The van der Waals surface area contributed by atoms with Crippen LogP contribution in [0.25, 0.3) is 0 Å². The summed E-state index contributed by atoms with van der Waals surface area (Å²) in [5.74, 6) is -5.77. The second-order valence-electron chi connectivity index (χ2n) is 5.78. The molecule has 0 amide bonds. The monoisotopic (exact) mass is 389 g/mol. The van der Waals surface area contributed by atoms with Gasteiger partial charge >= 0.3 is 0 Å². The van der Waals surface area contributed by atoms with Crippen molar-refractivity contribution >= 4 is 17.3 Å². The van der Waals surface area contributed by atoms with Gasteiger partial charge in [-0.2, -0.15) is 11.3 Å². The van der Waals surface area contributed by atoms with Crippen LogP contribution in [0.5, 0.6) is 0 Å². The van der Waals surface area contributed by atoms with Crippen LogP contribution in [0.15, 0.2) is 27.9 Å². The number of thiophene rings is 1. The number of benzene rings is 1. The lowest BCUT2D eigenvalue weighted by Crippen LogP contribution is -2.44. The van der Waals surface area contributed by atoms with Crippen molar-refractivity contribution < 1.29 is 22.7 Å². The molecule has 0 fully saturated rings. The molecule has 0 radical (unpaired) electrons. The van der Waals surface area contributed by atoms with Crippen molar-refractivity contribution in [2.75, 3.05) is 13.1 Å². The molecule has 1 aromatic heterocycles. The number of halogens is 4. The summed E-state index contributed by atoms with van der Waals surface area (Å²) in [5, 5.41) is 19.8. The SMILES string of the molecule is CCNC(=NCc1c(F)c(F)cc(F)c1F)NCC(C)(O)c1ccsc1. The fourth-order valence-corrected chi connectivity index (χ4v) is 2.97. The molecule has 3 N–H and O–H groups in total. The van der Waals surface area contributed by atoms with E-state index in [1.165, 1.54) is 11.3 Å². The van der Waals surface area contributed by atoms with E-state index < -0.39 is 41.0 Å². The van der Waals surface area contributed by atoms with Gasteiger partial charge in [0.2, 0.25) is 0 Å². The second kappa shape index (κ2) is 8.50. The van der Waals surface area contributed by atoms with Gasteiger partial charge in [-0.1, -0.05) is 0 Å². The maximum Gasteiger partial charge on any atom is 0.191 e. The molecular weight excluding hydrogens is 370 g/mol. The molecule has 9 heteroatoms. The van der Waals surface area contributed by atoms with Gasteiger partial charge in [-0.3, -0.25) is 0 Å². The van der Waals surface area contributed by atoms with Gasteiger partial charge in [0.15, 0.2) is 29.2 Å². The first-order valence-electron chi connectivity index (χ1n) is 7.85. The Kier molecular flexibility index (Phi) is 6.60. The van der Waals surface area contributed by atoms with Crippen molar-refractivity contribution in [3.05, 3.63) is 57.3 Å². The maximum absolute atomic E-state index is 13.7. The molecule has 1 atom stereocenters. The number of guanidine groups is 1. The molecule has 0 saturated carbocycles. The lowest BCUT2D eigenvalue weighted by atomic mass is 9.99. The van der Waals surface area contributed by atoms with E-state index in [0.29, 0.717) is 12.1 Å². The highest BCUT2D eigenvalue weighted by Crippen LogP contribution is 2.22. The summed E-state index contributed by atoms with van der Waals surface area (Å²) in [6.45, 7) is 3.28. The summed E-state index contributed by atoms with van der Waals surface area (Å²) in [6.07, 6.45) is 0. The minimum atomic E-state index is -1.48. The van der Waals surface area contributed by atoms with E-state index >= 15 is 0 Å². The van der Waals surface area contributed by atoms with Crippen molar-refractivity contribution in [3.8, 4) is 0 Å². The molecule has 0 bridgehead atoms. The molecule has 4 nitrogen and oxygen atoms in total. The van der Waals surface area contributed by atoms with Crippen LogP contribution >= 0.6 is 11.3 Å². The average molecular weight is 389 g/mol. The normalized spacial score (nSPS) is 14.2. The molecular formula is C17H19F4N3OS. The molecule has 0 spiro atoms. The van der Waals surface area contributed by atoms with Gasteiger partial charge in [-0.15, -0.1) is 0 Å². The molecule has 1 heterocycles. The van der Waals surface area contributed by atoms with Gasteiger partial charge in [0.05, 0.1) is 18.7 Å². The fraction of sp³-hybridized carbons (Fsp3) is 0.353. The number of hydrogen-bond acceptors (Lipinski definition) is 3. The lowest BCUT2D eigenvalue weighted by molar-refractivity contribution is 0.0621. The zero-order chi connectivity index (χ0) is 19.3. The van der Waals surface area contributed by atoms with Gasteiger partial charge < -0.3 is 15.7 Å². The van der Waals surface area contributed by atoms with Crippen molar-refractivity contribution in [3.63, 3.8) is 0 Å². The second-order valence-corrected chi connectivity index (χ2v) is 6.56. The van der Waals surface area contributed by atoms with Crippen LogP contribution in [0.3, 0.4) is 0 Å². The first-order chi connectivity index (χ1) is 12.3. The van der Waals surface area contributed by atoms with E-state index in [1.54, 1.807) is 25.3 Å². The Balaban J connectivity index is 2.15. The fourth-order valence-electron chi connectivity index (χ4n) is 2.19. The van der Waals surface area contributed by atoms with Crippen molar-refractivity contribution in [1.82, 2.24) is 10.6 Å². The predicted molar refractivity (Wildman–Crippen MR) is 93.0 cm³/mol. The first-order valence-corrected chi connectivity index (χ1v) is 8.79. The van der Waals surface area contributed by atoms with Gasteiger partial charge in [0.25, 0.3) is 0 Å². The van der Waals surface area contributed by atoms with Crippen LogP contribution in [0, 0.1) is 23.3 Å². The predicted octanol–water partition coefficient (Wildman–Crippen LogP) is 3.27.